The van der Waals surface area contributed by atoms with E-state index >= 15 is 0 Å². The molecule has 2 rings (SSSR count). The Hall–Kier alpha value is -0.570. The van der Waals surface area contributed by atoms with E-state index in [4.69, 9.17) is 0 Å². The lowest BCUT2D eigenvalue weighted by Crippen LogP contribution is -2.24. The third-order valence-corrected chi connectivity index (χ3v) is 2.87. The van der Waals surface area contributed by atoms with Gasteiger partial charge in [0, 0.05) is 19.5 Å². The molecule has 0 spiro atoms. The van der Waals surface area contributed by atoms with Crippen molar-refractivity contribution >= 4 is 5.91 Å². The summed E-state index contributed by atoms with van der Waals surface area (Å²) in [6.45, 7) is 0.848. The summed E-state index contributed by atoms with van der Waals surface area (Å²) < 4.78 is 0. The Morgan fingerprint density at radius 1 is 1.55 bits per heavy atom. The van der Waals surface area contributed by atoms with Crippen molar-refractivity contribution in [2.24, 2.45) is 11.8 Å². The van der Waals surface area contributed by atoms with Gasteiger partial charge in [-0.05, 0) is 18.8 Å². The van der Waals surface area contributed by atoms with E-state index < -0.39 is 0 Å². The topological polar surface area (TPSA) is 40.5 Å². The van der Waals surface area contributed by atoms with E-state index in [1.165, 1.54) is 0 Å². The summed E-state index contributed by atoms with van der Waals surface area (Å²) in [6, 6.07) is 0. The molecule has 0 aromatic carbocycles. The van der Waals surface area contributed by atoms with Gasteiger partial charge in [0.1, 0.15) is 0 Å². The Labute approximate surface area is 66.0 Å². The number of hydrogen-bond donors (Lipinski definition) is 1. The molecular formula is C8H13NO2. The molecule has 11 heavy (non-hydrogen) atoms. The van der Waals surface area contributed by atoms with E-state index in [-0.39, 0.29) is 17.9 Å². The van der Waals surface area contributed by atoms with Gasteiger partial charge in [-0.3, -0.25) is 4.79 Å². The number of aliphatic hydroxyl groups is 1. The third-order valence-electron chi connectivity index (χ3n) is 2.87. The zero-order valence-electron chi connectivity index (χ0n) is 6.66. The lowest BCUT2D eigenvalue weighted by atomic mass is 10.0. The summed E-state index contributed by atoms with van der Waals surface area (Å²) in [5, 5.41) is 9.27. The fraction of sp³-hybridized carbons (Fsp3) is 0.875. The van der Waals surface area contributed by atoms with Crippen LogP contribution in [0, 0.1) is 11.8 Å². The zero-order chi connectivity index (χ0) is 8.01. The lowest BCUT2D eigenvalue weighted by molar-refractivity contribution is -0.130. The Kier molecular flexibility index (Phi) is 1.42. The lowest BCUT2D eigenvalue weighted by Gasteiger charge is -2.10. The first kappa shape index (κ1) is 7.10. The van der Waals surface area contributed by atoms with Crippen molar-refractivity contribution in [1.29, 1.82) is 0 Å². The van der Waals surface area contributed by atoms with E-state index in [0.717, 1.165) is 13.0 Å². The van der Waals surface area contributed by atoms with Crippen LogP contribution in [0.2, 0.25) is 0 Å². The Balaban J connectivity index is 2.13. The Bertz CT molecular complexity index is 193. The molecule has 1 aliphatic carbocycles. The highest BCUT2D eigenvalue weighted by atomic mass is 16.3. The first-order valence-electron chi connectivity index (χ1n) is 4.11. The summed E-state index contributed by atoms with van der Waals surface area (Å²) >= 11 is 0. The largest absolute Gasteiger partial charge is 0.393 e. The zero-order valence-corrected chi connectivity index (χ0v) is 6.66. The fourth-order valence-corrected chi connectivity index (χ4v) is 2.32. The van der Waals surface area contributed by atoms with Gasteiger partial charge in [-0.25, -0.2) is 0 Å². The van der Waals surface area contributed by atoms with Gasteiger partial charge in [0.25, 0.3) is 0 Å². The summed E-state index contributed by atoms with van der Waals surface area (Å²) in [5.74, 6) is 0.795. The van der Waals surface area contributed by atoms with Crippen LogP contribution in [0.15, 0.2) is 0 Å². The molecule has 0 aromatic rings. The van der Waals surface area contributed by atoms with E-state index in [1.807, 2.05) is 7.05 Å². The fourth-order valence-electron chi connectivity index (χ4n) is 2.32. The molecule has 1 saturated heterocycles. The molecule has 2 aliphatic rings. The normalized spacial score (nSPS) is 43.3. The van der Waals surface area contributed by atoms with Gasteiger partial charge in [0.15, 0.2) is 0 Å². The molecule has 0 aromatic heterocycles. The number of nitrogens with zero attached hydrogens (tertiary/aromatic N) is 1. The molecule has 3 nitrogen and oxygen atoms in total. The molecule has 0 bridgehead atoms. The maximum Gasteiger partial charge on any atom is 0.225 e. The number of amides is 1. The van der Waals surface area contributed by atoms with Crippen molar-refractivity contribution < 1.29 is 9.90 Å². The minimum absolute atomic E-state index is 0.134. The monoisotopic (exact) mass is 155 g/mol. The number of carbonyl (C=O) groups is 1. The maximum atomic E-state index is 11.3. The molecule has 1 aliphatic heterocycles. The number of fused-ring (bicyclic) bond motifs is 1. The van der Waals surface area contributed by atoms with Gasteiger partial charge < -0.3 is 10.0 Å². The minimum atomic E-state index is -0.220. The van der Waals surface area contributed by atoms with Crippen LogP contribution in [0.5, 0.6) is 0 Å². The first-order valence-corrected chi connectivity index (χ1v) is 4.11. The average molecular weight is 155 g/mol. The van der Waals surface area contributed by atoms with E-state index in [9.17, 15) is 9.90 Å². The first-order chi connectivity index (χ1) is 5.18. The van der Waals surface area contributed by atoms with Crippen molar-refractivity contribution in [3.63, 3.8) is 0 Å². The van der Waals surface area contributed by atoms with Crippen LogP contribution in [-0.4, -0.2) is 35.6 Å². The highest BCUT2D eigenvalue weighted by Crippen LogP contribution is 2.38. The number of carbonyl (C=O) groups excluding carboxylic acids is 1. The van der Waals surface area contributed by atoms with Crippen LogP contribution < -0.4 is 0 Å². The molecule has 1 heterocycles. The number of hydrogen-bond acceptors (Lipinski definition) is 2. The van der Waals surface area contributed by atoms with Crippen LogP contribution in [0.4, 0.5) is 0 Å². The predicted molar refractivity (Wildman–Crippen MR) is 39.9 cm³/mol. The molecule has 3 heteroatoms. The van der Waals surface area contributed by atoms with Crippen LogP contribution in [0.3, 0.4) is 0 Å². The Morgan fingerprint density at radius 3 is 2.91 bits per heavy atom. The molecule has 62 valence electrons. The summed E-state index contributed by atoms with van der Waals surface area (Å²) in [4.78, 5) is 13.1. The number of likely N-dealkylation sites (tertiary alicyclic amines) is 1. The molecule has 1 saturated carbocycles. The second-order valence-corrected chi connectivity index (χ2v) is 3.71. The molecule has 2 fully saturated rings. The minimum Gasteiger partial charge on any atom is -0.393 e. The second kappa shape index (κ2) is 2.21. The van der Waals surface area contributed by atoms with Crippen molar-refractivity contribution in [2.75, 3.05) is 13.6 Å². The highest BCUT2D eigenvalue weighted by Gasteiger charge is 2.44. The smallest absolute Gasteiger partial charge is 0.225 e. The molecule has 1 amide bonds. The molecule has 1 N–H and O–H groups in total. The van der Waals surface area contributed by atoms with E-state index in [2.05, 4.69) is 0 Å². The molecule has 3 unspecified atom stereocenters. The molecule has 3 atom stereocenters. The number of aliphatic hydroxyl groups excluding tert-OH is 1. The van der Waals surface area contributed by atoms with Gasteiger partial charge in [-0.2, -0.15) is 0 Å². The van der Waals surface area contributed by atoms with Crippen LogP contribution in [0.25, 0.3) is 0 Å². The van der Waals surface area contributed by atoms with Gasteiger partial charge in [0.2, 0.25) is 5.91 Å². The SMILES string of the molecule is CN1CC2CC(O)CC2C1=O. The van der Waals surface area contributed by atoms with E-state index in [0.29, 0.717) is 12.3 Å². The van der Waals surface area contributed by atoms with Crippen LogP contribution >= 0.6 is 0 Å². The van der Waals surface area contributed by atoms with Gasteiger partial charge in [-0.1, -0.05) is 0 Å². The standard InChI is InChI=1S/C8H13NO2/c1-9-4-5-2-6(10)3-7(5)8(9)11/h5-7,10H,2-4H2,1H3. The van der Waals surface area contributed by atoms with Crippen molar-refractivity contribution in [3.05, 3.63) is 0 Å². The average Bonchev–Trinajstić information content (AvgIpc) is 2.37. The second-order valence-electron chi connectivity index (χ2n) is 3.71. The van der Waals surface area contributed by atoms with Crippen molar-refractivity contribution in [1.82, 2.24) is 4.90 Å². The molecular weight excluding hydrogens is 142 g/mol. The highest BCUT2D eigenvalue weighted by molar-refractivity contribution is 5.81. The number of rotatable bonds is 0. The maximum absolute atomic E-state index is 11.3. The van der Waals surface area contributed by atoms with Gasteiger partial charge >= 0.3 is 0 Å². The predicted octanol–water partition coefficient (Wildman–Crippen LogP) is -0.155. The van der Waals surface area contributed by atoms with Crippen molar-refractivity contribution in [3.8, 4) is 0 Å². The third kappa shape index (κ3) is 0.948. The molecule has 0 radical (unpaired) electrons. The van der Waals surface area contributed by atoms with Gasteiger partial charge in [-0.15, -0.1) is 0 Å². The van der Waals surface area contributed by atoms with Crippen LogP contribution in [0.1, 0.15) is 12.8 Å². The Morgan fingerprint density at radius 2 is 2.27 bits per heavy atom. The quantitative estimate of drug-likeness (QED) is 0.528. The summed E-state index contributed by atoms with van der Waals surface area (Å²) in [5.41, 5.74) is 0. The van der Waals surface area contributed by atoms with Crippen LogP contribution in [-0.2, 0) is 4.79 Å². The van der Waals surface area contributed by atoms with Gasteiger partial charge in [0.05, 0.1) is 6.10 Å². The summed E-state index contributed by atoms with van der Waals surface area (Å²) in [6.07, 6.45) is 1.29. The van der Waals surface area contributed by atoms with E-state index in [1.54, 1.807) is 4.90 Å². The van der Waals surface area contributed by atoms with Crippen molar-refractivity contribution in [2.45, 2.75) is 18.9 Å². The summed E-state index contributed by atoms with van der Waals surface area (Å²) in [7, 11) is 1.84.